The van der Waals surface area contributed by atoms with Gasteiger partial charge in [0.25, 0.3) is 0 Å². The van der Waals surface area contributed by atoms with Crippen LogP contribution >= 0.6 is 0 Å². The van der Waals surface area contributed by atoms with Gasteiger partial charge >= 0.3 is 0 Å². The predicted octanol–water partition coefficient (Wildman–Crippen LogP) is 0.695. The molecule has 0 rings (SSSR count). The third-order valence-electron chi connectivity index (χ3n) is 1.86. The fraction of sp³-hybridized carbons (Fsp3) is 0.727. The zero-order valence-electron chi connectivity index (χ0n) is 9.71. The number of hydrogen-bond acceptors (Lipinski definition) is 3. The Hall–Kier alpha value is -0.870. The van der Waals surface area contributed by atoms with Gasteiger partial charge in [0.05, 0.1) is 6.54 Å². The smallest absolute Gasteiger partial charge is 0.233 e. The molecule has 4 nitrogen and oxygen atoms in total. The average Bonchev–Trinajstić information content (AvgIpc) is 2.24. The lowest BCUT2D eigenvalue weighted by atomic mass is 10.4. The Morgan fingerprint density at radius 3 is 2.87 bits per heavy atom. The molecule has 0 bridgehead atoms. The molecular formula is C11H22N2O2. The standard InChI is InChI=1S/C11H22N2O2/c1-3-4-5-7-12-10-11(14)13-8-6-9-15-2/h3-4,12H,5-10H2,1-2H3,(H,13,14)/b4-3+. The second-order valence-corrected chi connectivity index (χ2v) is 3.23. The lowest BCUT2D eigenvalue weighted by Gasteiger charge is -2.05. The number of hydrogen-bond donors (Lipinski definition) is 2. The van der Waals surface area contributed by atoms with Gasteiger partial charge in [-0.2, -0.15) is 0 Å². The van der Waals surface area contributed by atoms with E-state index >= 15 is 0 Å². The first kappa shape index (κ1) is 14.1. The number of ether oxygens (including phenoxy) is 1. The normalized spacial score (nSPS) is 10.8. The van der Waals surface area contributed by atoms with Gasteiger partial charge in [-0.1, -0.05) is 12.2 Å². The molecule has 0 atom stereocenters. The van der Waals surface area contributed by atoms with Crippen molar-refractivity contribution in [2.24, 2.45) is 0 Å². The molecule has 0 spiro atoms. The fourth-order valence-electron chi connectivity index (χ4n) is 1.06. The van der Waals surface area contributed by atoms with E-state index in [0.717, 1.165) is 19.4 Å². The number of allylic oxidation sites excluding steroid dienone is 1. The summed E-state index contributed by atoms with van der Waals surface area (Å²) in [5, 5.41) is 5.88. The predicted molar refractivity (Wildman–Crippen MR) is 61.8 cm³/mol. The van der Waals surface area contributed by atoms with Crippen LogP contribution in [-0.2, 0) is 9.53 Å². The largest absolute Gasteiger partial charge is 0.385 e. The molecule has 15 heavy (non-hydrogen) atoms. The Kier molecular flexibility index (Phi) is 10.6. The highest BCUT2D eigenvalue weighted by atomic mass is 16.5. The molecule has 0 fully saturated rings. The molecule has 0 aliphatic heterocycles. The third kappa shape index (κ3) is 11.1. The zero-order chi connectivity index (χ0) is 11.4. The summed E-state index contributed by atoms with van der Waals surface area (Å²) in [5.41, 5.74) is 0. The van der Waals surface area contributed by atoms with Crippen LogP contribution in [0.25, 0.3) is 0 Å². The molecule has 0 unspecified atom stereocenters. The molecule has 0 aliphatic rings. The fourth-order valence-corrected chi connectivity index (χ4v) is 1.06. The van der Waals surface area contributed by atoms with Crippen molar-refractivity contribution in [1.29, 1.82) is 0 Å². The van der Waals surface area contributed by atoms with E-state index in [2.05, 4.69) is 16.7 Å². The summed E-state index contributed by atoms with van der Waals surface area (Å²) in [6.07, 6.45) is 5.91. The van der Waals surface area contributed by atoms with Crippen LogP contribution in [0.1, 0.15) is 19.8 Å². The summed E-state index contributed by atoms with van der Waals surface area (Å²) in [5.74, 6) is 0.0478. The Balaban J connectivity index is 3.18. The Bertz CT molecular complexity index is 181. The summed E-state index contributed by atoms with van der Waals surface area (Å²) >= 11 is 0. The van der Waals surface area contributed by atoms with Gasteiger partial charge in [-0.25, -0.2) is 0 Å². The van der Waals surface area contributed by atoms with E-state index in [1.165, 1.54) is 0 Å². The van der Waals surface area contributed by atoms with Crippen molar-refractivity contribution in [1.82, 2.24) is 10.6 Å². The molecule has 0 aromatic heterocycles. The van der Waals surface area contributed by atoms with Crippen molar-refractivity contribution in [2.75, 3.05) is 33.4 Å². The Labute approximate surface area is 92.1 Å². The highest BCUT2D eigenvalue weighted by Gasteiger charge is 1.97. The molecule has 1 amide bonds. The molecule has 0 heterocycles. The molecule has 0 radical (unpaired) electrons. The van der Waals surface area contributed by atoms with Gasteiger partial charge in [-0.15, -0.1) is 0 Å². The molecule has 0 aromatic rings. The first-order valence-electron chi connectivity index (χ1n) is 5.38. The quantitative estimate of drug-likeness (QED) is 0.439. The van der Waals surface area contributed by atoms with Crippen molar-refractivity contribution in [3.05, 3.63) is 12.2 Å². The monoisotopic (exact) mass is 214 g/mol. The Morgan fingerprint density at radius 2 is 2.20 bits per heavy atom. The van der Waals surface area contributed by atoms with Gasteiger partial charge in [0.2, 0.25) is 5.91 Å². The van der Waals surface area contributed by atoms with E-state index in [1.807, 2.05) is 13.0 Å². The number of carbonyl (C=O) groups excluding carboxylic acids is 1. The molecule has 2 N–H and O–H groups in total. The first-order valence-corrected chi connectivity index (χ1v) is 5.38. The lowest BCUT2D eigenvalue weighted by molar-refractivity contribution is -0.120. The van der Waals surface area contributed by atoms with E-state index in [0.29, 0.717) is 19.7 Å². The number of amides is 1. The number of nitrogens with one attached hydrogen (secondary N) is 2. The molecule has 88 valence electrons. The van der Waals surface area contributed by atoms with Gasteiger partial charge in [-0.3, -0.25) is 4.79 Å². The molecule has 0 aliphatic carbocycles. The van der Waals surface area contributed by atoms with E-state index < -0.39 is 0 Å². The molecular weight excluding hydrogens is 192 g/mol. The topological polar surface area (TPSA) is 50.4 Å². The number of methoxy groups -OCH3 is 1. The van der Waals surface area contributed by atoms with E-state index in [4.69, 9.17) is 4.74 Å². The van der Waals surface area contributed by atoms with Crippen LogP contribution in [0.15, 0.2) is 12.2 Å². The van der Waals surface area contributed by atoms with Crippen LogP contribution in [0, 0.1) is 0 Å². The van der Waals surface area contributed by atoms with Crippen molar-refractivity contribution in [3.8, 4) is 0 Å². The summed E-state index contributed by atoms with van der Waals surface area (Å²) in [4.78, 5) is 11.2. The lowest BCUT2D eigenvalue weighted by Crippen LogP contribution is -2.34. The van der Waals surface area contributed by atoms with Crippen molar-refractivity contribution < 1.29 is 9.53 Å². The minimum Gasteiger partial charge on any atom is -0.385 e. The van der Waals surface area contributed by atoms with Crippen LogP contribution in [-0.4, -0.2) is 39.3 Å². The third-order valence-corrected chi connectivity index (χ3v) is 1.86. The van der Waals surface area contributed by atoms with Crippen LogP contribution in [0.5, 0.6) is 0 Å². The highest BCUT2D eigenvalue weighted by molar-refractivity contribution is 5.77. The van der Waals surface area contributed by atoms with Gasteiger partial charge in [-0.05, 0) is 26.3 Å². The van der Waals surface area contributed by atoms with Crippen LogP contribution in [0.4, 0.5) is 0 Å². The zero-order valence-corrected chi connectivity index (χ0v) is 9.71. The number of rotatable bonds is 9. The Morgan fingerprint density at radius 1 is 1.40 bits per heavy atom. The van der Waals surface area contributed by atoms with Crippen molar-refractivity contribution >= 4 is 5.91 Å². The molecule has 0 aromatic carbocycles. The maximum Gasteiger partial charge on any atom is 0.233 e. The van der Waals surface area contributed by atoms with Crippen LogP contribution < -0.4 is 10.6 Å². The summed E-state index contributed by atoms with van der Waals surface area (Å²) in [6, 6.07) is 0. The average molecular weight is 214 g/mol. The second-order valence-electron chi connectivity index (χ2n) is 3.23. The summed E-state index contributed by atoms with van der Waals surface area (Å²) in [7, 11) is 1.66. The molecule has 4 heteroatoms. The van der Waals surface area contributed by atoms with Crippen molar-refractivity contribution in [3.63, 3.8) is 0 Å². The molecule has 0 saturated heterocycles. The van der Waals surface area contributed by atoms with Gasteiger partial charge < -0.3 is 15.4 Å². The van der Waals surface area contributed by atoms with Gasteiger partial charge in [0.1, 0.15) is 0 Å². The maximum absolute atomic E-state index is 11.2. The first-order chi connectivity index (χ1) is 7.31. The SMILES string of the molecule is C/C=C/CCNCC(=O)NCCCOC. The van der Waals surface area contributed by atoms with Crippen LogP contribution in [0.2, 0.25) is 0 Å². The highest BCUT2D eigenvalue weighted by Crippen LogP contribution is 1.79. The molecule has 0 saturated carbocycles. The van der Waals surface area contributed by atoms with Gasteiger partial charge in [0, 0.05) is 20.3 Å². The van der Waals surface area contributed by atoms with E-state index in [9.17, 15) is 4.79 Å². The maximum atomic E-state index is 11.2. The van der Waals surface area contributed by atoms with Crippen molar-refractivity contribution in [2.45, 2.75) is 19.8 Å². The summed E-state index contributed by atoms with van der Waals surface area (Å²) in [6.45, 7) is 4.60. The van der Waals surface area contributed by atoms with Crippen LogP contribution in [0.3, 0.4) is 0 Å². The van der Waals surface area contributed by atoms with E-state index in [-0.39, 0.29) is 5.91 Å². The minimum absolute atomic E-state index is 0.0478. The van der Waals surface area contributed by atoms with E-state index in [1.54, 1.807) is 7.11 Å². The number of carbonyl (C=O) groups is 1. The second kappa shape index (κ2) is 11.2. The summed E-state index contributed by atoms with van der Waals surface area (Å²) < 4.78 is 4.87. The minimum atomic E-state index is 0.0478. The van der Waals surface area contributed by atoms with Gasteiger partial charge in [0.15, 0.2) is 0 Å².